The molecule has 5 heteroatoms. The number of benzene rings is 1. The maximum absolute atomic E-state index is 13.0. The molecule has 0 spiro atoms. The topological polar surface area (TPSA) is 40.5 Å². The Labute approximate surface area is 105 Å². The van der Waals surface area contributed by atoms with Crippen molar-refractivity contribution in [1.29, 1.82) is 0 Å². The minimum atomic E-state index is -0.804. The summed E-state index contributed by atoms with van der Waals surface area (Å²) in [5.74, 6) is -1.12. The summed E-state index contributed by atoms with van der Waals surface area (Å²) >= 11 is 5.94. The lowest BCUT2D eigenvalue weighted by Crippen LogP contribution is -2.20. The molecule has 0 heterocycles. The number of hydrogen-bond donors (Lipinski definition) is 1. The highest BCUT2D eigenvalue weighted by atomic mass is 35.5. The largest absolute Gasteiger partial charge is 0.481 e. The van der Waals surface area contributed by atoms with E-state index in [-0.39, 0.29) is 12.2 Å². The van der Waals surface area contributed by atoms with E-state index in [0.29, 0.717) is 30.1 Å². The molecule has 0 amide bonds. The fourth-order valence-corrected chi connectivity index (χ4v) is 1.71. The fraction of sp³-hybridized carbons (Fsp3) is 0.417. The molecule has 0 unspecified atom stereocenters. The molecule has 0 saturated carbocycles. The van der Waals surface area contributed by atoms with Gasteiger partial charge in [-0.15, -0.1) is 0 Å². The first kappa shape index (κ1) is 13.9. The summed E-state index contributed by atoms with van der Waals surface area (Å²) in [7, 11) is 1.85. The summed E-state index contributed by atoms with van der Waals surface area (Å²) in [6.07, 6.45) is 0.708. The van der Waals surface area contributed by atoms with E-state index in [2.05, 4.69) is 0 Å². The van der Waals surface area contributed by atoms with Gasteiger partial charge in [-0.2, -0.15) is 0 Å². The Bertz CT molecular complexity index is 398. The van der Waals surface area contributed by atoms with Crippen LogP contribution in [0.5, 0.6) is 0 Å². The molecule has 0 bridgehead atoms. The van der Waals surface area contributed by atoms with Crippen LogP contribution in [0.25, 0.3) is 0 Å². The van der Waals surface area contributed by atoms with E-state index in [0.717, 1.165) is 0 Å². The van der Waals surface area contributed by atoms with Gasteiger partial charge >= 0.3 is 5.97 Å². The van der Waals surface area contributed by atoms with Crippen molar-refractivity contribution >= 4 is 17.6 Å². The van der Waals surface area contributed by atoms with Gasteiger partial charge in [-0.05, 0) is 43.8 Å². The molecule has 0 saturated heterocycles. The Kier molecular flexibility index (Phi) is 5.38. The van der Waals surface area contributed by atoms with Crippen LogP contribution in [0.1, 0.15) is 18.4 Å². The molecule has 0 aliphatic carbocycles. The molecule has 1 aromatic carbocycles. The predicted molar refractivity (Wildman–Crippen MR) is 64.6 cm³/mol. The van der Waals surface area contributed by atoms with Crippen molar-refractivity contribution in [3.05, 3.63) is 34.6 Å². The predicted octanol–water partition coefficient (Wildman–Crippen LogP) is 2.78. The third kappa shape index (κ3) is 5.15. The van der Waals surface area contributed by atoms with Crippen molar-refractivity contribution in [3.8, 4) is 0 Å². The summed E-state index contributed by atoms with van der Waals surface area (Å²) in [5.41, 5.74) is 0.712. The van der Waals surface area contributed by atoms with Crippen LogP contribution in [-0.2, 0) is 11.3 Å². The lowest BCUT2D eigenvalue weighted by atomic mass is 10.2. The average Bonchev–Trinajstić information content (AvgIpc) is 2.23. The number of aliphatic carboxylic acids is 1. The normalized spacial score (nSPS) is 10.8. The molecular formula is C12H15ClFNO2. The Hall–Kier alpha value is -1.13. The zero-order valence-electron chi connectivity index (χ0n) is 9.62. The third-order valence-corrected chi connectivity index (χ3v) is 2.75. The second-order valence-corrected chi connectivity index (χ2v) is 4.38. The third-order valence-electron chi connectivity index (χ3n) is 2.38. The number of carboxylic acids is 1. The van der Waals surface area contributed by atoms with E-state index in [1.54, 1.807) is 0 Å². The van der Waals surface area contributed by atoms with Crippen LogP contribution < -0.4 is 0 Å². The van der Waals surface area contributed by atoms with Crippen molar-refractivity contribution < 1.29 is 14.3 Å². The van der Waals surface area contributed by atoms with Gasteiger partial charge in [-0.25, -0.2) is 4.39 Å². The molecule has 0 radical (unpaired) electrons. The molecule has 1 rings (SSSR count). The molecule has 1 aromatic rings. The van der Waals surface area contributed by atoms with Crippen molar-refractivity contribution in [2.75, 3.05) is 13.6 Å². The van der Waals surface area contributed by atoms with Crippen molar-refractivity contribution in [2.24, 2.45) is 0 Å². The molecule has 1 N–H and O–H groups in total. The Morgan fingerprint density at radius 3 is 2.88 bits per heavy atom. The number of rotatable bonds is 6. The van der Waals surface area contributed by atoms with Gasteiger partial charge in [0.25, 0.3) is 0 Å². The molecule has 94 valence electrons. The Morgan fingerprint density at radius 1 is 1.53 bits per heavy atom. The van der Waals surface area contributed by atoms with E-state index >= 15 is 0 Å². The maximum Gasteiger partial charge on any atom is 0.303 e. The summed E-state index contributed by atoms with van der Waals surface area (Å²) in [5, 5.41) is 9.03. The van der Waals surface area contributed by atoms with Gasteiger partial charge in [0.15, 0.2) is 0 Å². The lowest BCUT2D eigenvalue weighted by Gasteiger charge is -2.16. The Morgan fingerprint density at radius 2 is 2.24 bits per heavy atom. The number of nitrogens with zero attached hydrogens (tertiary/aromatic N) is 1. The highest BCUT2D eigenvalue weighted by Gasteiger charge is 2.06. The second kappa shape index (κ2) is 6.57. The summed E-state index contributed by atoms with van der Waals surface area (Å²) in [6.45, 7) is 1.15. The smallest absolute Gasteiger partial charge is 0.303 e. The van der Waals surface area contributed by atoms with Crippen LogP contribution in [0.4, 0.5) is 4.39 Å². The van der Waals surface area contributed by atoms with E-state index in [4.69, 9.17) is 16.7 Å². The van der Waals surface area contributed by atoms with Crippen LogP contribution in [0, 0.1) is 5.82 Å². The quantitative estimate of drug-likeness (QED) is 0.854. The summed E-state index contributed by atoms with van der Waals surface area (Å²) in [4.78, 5) is 12.3. The van der Waals surface area contributed by atoms with Crippen LogP contribution in [0.2, 0.25) is 5.02 Å². The van der Waals surface area contributed by atoms with E-state index in [9.17, 15) is 9.18 Å². The van der Waals surface area contributed by atoms with Crippen LogP contribution in [0.15, 0.2) is 18.2 Å². The van der Waals surface area contributed by atoms with Crippen molar-refractivity contribution in [2.45, 2.75) is 19.4 Å². The number of hydrogen-bond acceptors (Lipinski definition) is 2. The zero-order valence-corrected chi connectivity index (χ0v) is 10.4. The van der Waals surface area contributed by atoms with Gasteiger partial charge in [0.1, 0.15) is 5.82 Å². The molecule has 17 heavy (non-hydrogen) atoms. The highest BCUT2D eigenvalue weighted by Crippen LogP contribution is 2.18. The van der Waals surface area contributed by atoms with Gasteiger partial charge in [0.2, 0.25) is 0 Å². The molecule has 0 aliphatic rings. The standard InChI is InChI=1S/C12H15ClFNO2/c1-15(6-2-3-12(16)17)8-9-7-10(14)4-5-11(9)13/h4-5,7H,2-3,6,8H2,1H3,(H,16,17). The van der Waals surface area contributed by atoms with E-state index in [1.807, 2.05) is 11.9 Å². The molecule has 0 aromatic heterocycles. The summed E-state index contributed by atoms with van der Waals surface area (Å²) < 4.78 is 13.0. The van der Waals surface area contributed by atoms with Crippen molar-refractivity contribution in [1.82, 2.24) is 4.90 Å². The van der Waals surface area contributed by atoms with E-state index < -0.39 is 5.97 Å². The molecular weight excluding hydrogens is 245 g/mol. The van der Waals surface area contributed by atoms with Gasteiger partial charge in [0, 0.05) is 18.0 Å². The van der Waals surface area contributed by atoms with Gasteiger partial charge in [0.05, 0.1) is 0 Å². The second-order valence-electron chi connectivity index (χ2n) is 3.97. The molecule has 0 fully saturated rings. The number of carboxylic acid groups (broad SMARTS) is 1. The molecule has 3 nitrogen and oxygen atoms in total. The first-order chi connectivity index (χ1) is 7.99. The van der Waals surface area contributed by atoms with Crippen LogP contribution in [0.3, 0.4) is 0 Å². The molecule has 0 atom stereocenters. The monoisotopic (exact) mass is 259 g/mol. The van der Waals surface area contributed by atoms with Gasteiger partial charge in [-0.3, -0.25) is 4.79 Å². The first-order valence-electron chi connectivity index (χ1n) is 5.33. The fourth-order valence-electron chi connectivity index (χ4n) is 1.53. The minimum absolute atomic E-state index is 0.140. The average molecular weight is 260 g/mol. The van der Waals surface area contributed by atoms with Gasteiger partial charge in [-0.1, -0.05) is 11.6 Å². The first-order valence-corrected chi connectivity index (χ1v) is 5.71. The van der Waals surface area contributed by atoms with Crippen molar-refractivity contribution in [3.63, 3.8) is 0 Å². The molecule has 0 aliphatic heterocycles. The lowest BCUT2D eigenvalue weighted by molar-refractivity contribution is -0.137. The zero-order chi connectivity index (χ0) is 12.8. The van der Waals surface area contributed by atoms with Gasteiger partial charge < -0.3 is 10.0 Å². The van der Waals surface area contributed by atoms with E-state index in [1.165, 1.54) is 18.2 Å². The highest BCUT2D eigenvalue weighted by molar-refractivity contribution is 6.31. The maximum atomic E-state index is 13.0. The summed E-state index contributed by atoms with van der Waals surface area (Å²) in [6, 6.07) is 4.24. The SMILES string of the molecule is CN(CCCC(=O)O)Cc1cc(F)ccc1Cl. The number of carbonyl (C=O) groups is 1. The number of halogens is 2. The van der Waals surface area contributed by atoms with Crippen LogP contribution in [-0.4, -0.2) is 29.6 Å². The Balaban J connectivity index is 2.47. The van der Waals surface area contributed by atoms with Crippen LogP contribution >= 0.6 is 11.6 Å². The minimum Gasteiger partial charge on any atom is -0.481 e.